The molecule has 3 N–H and O–H groups in total. The van der Waals surface area contributed by atoms with E-state index in [2.05, 4.69) is 10.6 Å². The van der Waals surface area contributed by atoms with Crippen LogP contribution < -0.4 is 25.2 Å². The Morgan fingerprint density at radius 2 is 1.95 bits per heavy atom. The van der Waals surface area contributed by atoms with Crippen molar-refractivity contribution in [1.82, 2.24) is 10.6 Å². The average molecular weight is 579 g/mol. The van der Waals surface area contributed by atoms with Gasteiger partial charge < -0.3 is 35.0 Å². The lowest BCUT2D eigenvalue weighted by atomic mass is 9.93. The highest BCUT2D eigenvalue weighted by Crippen LogP contribution is 2.42. The molecule has 1 unspecified atom stereocenters. The number of hydrogen-bond donors (Lipinski definition) is 3. The van der Waals surface area contributed by atoms with Gasteiger partial charge in [-0.05, 0) is 63.3 Å². The van der Waals surface area contributed by atoms with Gasteiger partial charge in [0.25, 0.3) is 5.91 Å². The standard InChI is InChI=1S/C32H42N4O6/c1-32(2)31(40)35(14-7-15-41-3)26-18-25(12-13-28(26)42-32)36(24-10-11-24)30(39)22-17-23(20-33-19-22)34-29(38)27(37)16-21-8-5-4-6-9-21/h4-6,8-9,12-13,18,22-24,27,33,37H,7,10-11,14-17,19-20H2,1-3H3,(H,34,38)/t22-,23+,27?/m1/s1. The van der Waals surface area contributed by atoms with Gasteiger partial charge in [-0.3, -0.25) is 14.4 Å². The first-order valence-corrected chi connectivity index (χ1v) is 14.9. The molecule has 3 atom stereocenters. The van der Waals surface area contributed by atoms with Crippen LogP contribution in [0.2, 0.25) is 0 Å². The Morgan fingerprint density at radius 1 is 1.19 bits per heavy atom. The van der Waals surface area contributed by atoms with Crippen molar-refractivity contribution in [3.63, 3.8) is 0 Å². The van der Waals surface area contributed by atoms with Crippen LogP contribution in [-0.2, 0) is 25.5 Å². The molecule has 1 saturated heterocycles. The Morgan fingerprint density at radius 3 is 2.67 bits per heavy atom. The number of nitrogens with one attached hydrogen (secondary N) is 2. The lowest BCUT2D eigenvalue weighted by Crippen LogP contribution is -2.55. The normalized spacial score (nSPS) is 22.1. The van der Waals surface area contributed by atoms with Crippen molar-refractivity contribution in [2.75, 3.05) is 43.2 Å². The van der Waals surface area contributed by atoms with Gasteiger partial charge in [0.15, 0.2) is 5.60 Å². The number of rotatable bonds is 11. The van der Waals surface area contributed by atoms with Crippen LogP contribution in [0, 0.1) is 5.92 Å². The van der Waals surface area contributed by atoms with Gasteiger partial charge in [-0.2, -0.15) is 0 Å². The quantitative estimate of drug-likeness (QED) is 0.350. The molecule has 10 nitrogen and oxygen atoms in total. The highest BCUT2D eigenvalue weighted by molar-refractivity contribution is 6.04. The SMILES string of the molecule is COCCCN1C(=O)C(C)(C)Oc2ccc(N(C(=O)[C@H]3CNC[C@@H](NC(=O)C(O)Cc4ccccc4)C3)C3CC3)cc21. The predicted molar refractivity (Wildman–Crippen MR) is 160 cm³/mol. The van der Waals surface area contributed by atoms with E-state index >= 15 is 0 Å². The smallest absolute Gasteiger partial charge is 0.270 e. The Kier molecular flexibility index (Phi) is 9.15. The first-order chi connectivity index (χ1) is 20.2. The molecule has 5 rings (SSSR count). The molecule has 2 aliphatic heterocycles. The van der Waals surface area contributed by atoms with Crippen LogP contribution in [0.1, 0.15) is 45.1 Å². The van der Waals surface area contributed by atoms with Crippen molar-refractivity contribution in [2.24, 2.45) is 5.92 Å². The molecule has 2 heterocycles. The molecule has 0 spiro atoms. The zero-order valence-corrected chi connectivity index (χ0v) is 24.7. The van der Waals surface area contributed by atoms with Gasteiger partial charge in [0.2, 0.25) is 11.8 Å². The van der Waals surface area contributed by atoms with E-state index in [0.717, 1.165) is 24.1 Å². The Hall–Kier alpha value is -3.47. The van der Waals surface area contributed by atoms with Gasteiger partial charge >= 0.3 is 0 Å². The van der Waals surface area contributed by atoms with Crippen LogP contribution in [0.3, 0.4) is 0 Å². The maximum absolute atomic E-state index is 14.0. The summed E-state index contributed by atoms with van der Waals surface area (Å²) in [4.78, 5) is 43.7. The minimum absolute atomic E-state index is 0.0111. The first kappa shape index (κ1) is 30.0. The highest BCUT2D eigenvalue weighted by atomic mass is 16.5. The number of amides is 3. The Balaban J connectivity index is 1.29. The molecule has 2 fully saturated rings. The van der Waals surface area contributed by atoms with Crippen molar-refractivity contribution in [3.05, 3.63) is 54.1 Å². The second-order valence-electron chi connectivity index (χ2n) is 12.0. The fourth-order valence-electron chi connectivity index (χ4n) is 5.81. The van der Waals surface area contributed by atoms with Gasteiger partial charge in [-0.25, -0.2) is 0 Å². The summed E-state index contributed by atoms with van der Waals surface area (Å²) in [5.74, 6) is -0.310. The maximum Gasteiger partial charge on any atom is 0.270 e. The van der Waals surface area contributed by atoms with Crippen molar-refractivity contribution < 1.29 is 29.0 Å². The van der Waals surface area contributed by atoms with Gasteiger partial charge in [0.1, 0.15) is 11.9 Å². The zero-order valence-electron chi connectivity index (χ0n) is 24.7. The summed E-state index contributed by atoms with van der Waals surface area (Å²) in [7, 11) is 1.64. The third kappa shape index (κ3) is 6.77. The Labute approximate surface area is 247 Å². The fourth-order valence-corrected chi connectivity index (χ4v) is 5.81. The van der Waals surface area contributed by atoms with Crippen LogP contribution in [0.4, 0.5) is 11.4 Å². The number of benzene rings is 2. The number of carbonyl (C=O) groups is 3. The third-order valence-electron chi connectivity index (χ3n) is 8.14. The number of methoxy groups -OCH3 is 1. The molecule has 1 aliphatic carbocycles. The van der Waals surface area contributed by atoms with E-state index in [9.17, 15) is 19.5 Å². The number of anilines is 2. The van der Waals surface area contributed by atoms with Crippen LogP contribution in [0.25, 0.3) is 0 Å². The predicted octanol–water partition coefficient (Wildman–Crippen LogP) is 2.42. The van der Waals surface area contributed by atoms with E-state index in [0.29, 0.717) is 50.5 Å². The average Bonchev–Trinajstić information content (AvgIpc) is 3.81. The number of nitrogens with zero attached hydrogens (tertiary/aromatic N) is 2. The maximum atomic E-state index is 14.0. The number of hydrogen-bond acceptors (Lipinski definition) is 7. The van der Waals surface area contributed by atoms with Gasteiger partial charge in [0.05, 0.1) is 11.6 Å². The fraction of sp³-hybridized carbons (Fsp3) is 0.531. The molecule has 2 aromatic carbocycles. The van der Waals surface area contributed by atoms with Gasteiger partial charge in [-0.1, -0.05) is 30.3 Å². The topological polar surface area (TPSA) is 120 Å². The molecule has 0 bridgehead atoms. The number of piperidine rings is 1. The molecule has 226 valence electrons. The minimum Gasteiger partial charge on any atom is -0.476 e. The molecule has 10 heteroatoms. The van der Waals surface area contributed by atoms with E-state index in [-0.39, 0.29) is 36.2 Å². The Bertz CT molecular complexity index is 1280. The summed E-state index contributed by atoms with van der Waals surface area (Å²) < 4.78 is 11.3. The van der Waals surface area contributed by atoms with Gasteiger partial charge in [-0.15, -0.1) is 0 Å². The lowest BCUT2D eigenvalue weighted by Gasteiger charge is -2.40. The monoisotopic (exact) mass is 578 g/mol. The van der Waals surface area contributed by atoms with Crippen LogP contribution in [-0.4, -0.2) is 80.0 Å². The van der Waals surface area contributed by atoms with Gasteiger partial charge in [0, 0.05) is 57.5 Å². The second-order valence-corrected chi connectivity index (χ2v) is 12.0. The third-order valence-corrected chi connectivity index (χ3v) is 8.14. The molecule has 3 aliphatic rings. The summed E-state index contributed by atoms with van der Waals surface area (Å²) >= 11 is 0. The van der Waals surface area contributed by atoms with E-state index in [1.165, 1.54) is 0 Å². The number of aliphatic hydroxyl groups excluding tert-OH is 1. The van der Waals surface area contributed by atoms with Crippen molar-refractivity contribution in [3.8, 4) is 5.75 Å². The summed E-state index contributed by atoms with van der Waals surface area (Å²) in [6.45, 7) is 5.58. The van der Waals surface area contributed by atoms with Crippen molar-refractivity contribution in [2.45, 2.75) is 69.7 Å². The number of carbonyl (C=O) groups excluding carboxylic acids is 3. The summed E-state index contributed by atoms with van der Waals surface area (Å²) in [6.07, 6.45) is 2.04. The van der Waals surface area contributed by atoms with Crippen LogP contribution in [0.15, 0.2) is 48.5 Å². The van der Waals surface area contributed by atoms with E-state index < -0.39 is 17.6 Å². The molecule has 2 aromatic rings. The summed E-state index contributed by atoms with van der Waals surface area (Å²) in [6, 6.07) is 14.8. The lowest BCUT2D eigenvalue weighted by molar-refractivity contribution is -0.132. The molecule has 0 aromatic heterocycles. The van der Waals surface area contributed by atoms with Crippen LogP contribution >= 0.6 is 0 Å². The second kappa shape index (κ2) is 12.8. The van der Waals surface area contributed by atoms with E-state index in [1.807, 2.05) is 53.4 Å². The number of aliphatic hydroxyl groups is 1. The molecule has 0 radical (unpaired) electrons. The first-order valence-electron chi connectivity index (χ1n) is 14.9. The molecule has 1 saturated carbocycles. The summed E-state index contributed by atoms with van der Waals surface area (Å²) in [5.41, 5.74) is 1.28. The minimum atomic E-state index is -1.16. The molecule has 3 amide bonds. The molecular weight excluding hydrogens is 536 g/mol. The van der Waals surface area contributed by atoms with Crippen molar-refractivity contribution in [1.29, 1.82) is 0 Å². The molecular formula is C32H42N4O6. The molecule has 42 heavy (non-hydrogen) atoms. The number of fused-ring (bicyclic) bond motifs is 1. The largest absolute Gasteiger partial charge is 0.476 e. The van der Waals surface area contributed by atoms with Crippen LogP contribution in [0.5, 0.6) is 5.75 Å². The highest BCUT2D eigenvalue weighted by Gasteiger charge is 2.43. The van der Waals surface area contributed by atoms with E-state index in [4.69, 9.17) is 9.47 Å². The van der Waals surface area contributed by atoms with E-state index in [1.54, 1.807) is 25.9 Å². The number of ether oxygens (including phenoxy) is 2. The zero-order chi connectivity index (χ0) is 29.9. The van der Waals surface area contributed by atoms with Crippen molar-refractivity contribution >= 4 is 29.1 Å². The summed E-state index contributed by atoms with van der Waals surface area (Å²) in [5, 5.41) is 16.7.